The van der Waals surface area contributed by atoms with Crippen molar-refractivity contribution < 1.29 is 38.3 Å². The molecule has 3 atom stereocenters. The van der Waals surface area contributed by atoms with Crippen molar-refractivity contribution in [3.05, 3.63) is 64.8 Å². The van der Waals surface area contributed by atoms with Crippen LogP contribution in [0.5, 0.6) is 0 Å². The maximum atomic E-state index is 14.0. The molecule has 2 aromatic carbocycles. The highest BCUT2D eigenvalue weighted by Crippen LogP contribution is 2.40. The van der Waals surface area contributed by atoms with Crippen LogP contribution in [-0.4, -0.2) is 62.0 Å². The maximum absolute atomic E-state index is 14.0. The molecule has 2 aliphatic heterocycles. The summed E-state index contributed by atoms with van der Waals surface area (Å²) in [6, 6.07) is 8.95. The van der Waals surface area contributed by atoms with Crippen molar-refractivity contribution in [3.8, 4) is 0 Å². The number of nitrogens with one attached hydrogen (secondary N) is 3. The van der Waals surface area contributed by atoms with E-state index in [-0.39, 0.29) is 35.5 Å². The molecule has 0 radical (unpaired) electrons. The molecule has 0 bridgehead atoms. The predicted molar refractivity (Wildman–Crippen MR) is 161 cm³/mol. The zero-order valence-corrected chi connectivity index (χ0v) is 25.1. The third-order valence-electron chi connectivity index (χ3n) is 8.23. The molecular formula is C30H34N5O8P. The number of amides is 4. The fourth-order valence-electron chi connectivity index (χ4n) is 5.92. The average Bonchev–Trinajstić information content (AvgIpc) is 3.54. The second kappa shape index (κ2) is 12.0. The van der Waals surface area contributed by atoms with Gasteiger partial charge in [-0.1, -0.05) is 32.0 Å². The quantitative estimate of drug-likeness (QED) is 0.183. The number of fused-ring (bicyclic) bond motifs is 1. The highest BCUT2D eigenvalue weighted by molar-refractivity contribution is 7.70. The Morgan fingerprint density at radius 3 is 2.52 bits per heavy atom. The Hall–Kier alpha value is -4.32. The van der Waals surface area contributed by atoms with Crippen LogP contribution in [0, 0.1) is 5.92 Å². The van der Waals surface area contributed by atoms with Crippen LogP contribution >= 0.6 is 7.60 Å². The van der Waals surface area contributed by atoms with Crippen LogP contribution in [0.25, 0.3) is 10.9 Å². The number of aromatic amines is 1. The van der Waals surface area contributed by atoms with Crippen LogP contribution < -0.4 is 21.3 Å². The lowest BCUT2D eigenvalue weighted by Gasteiger charge is -2.30. The van der Waals surface area contributed by atoms with Crippen molar-refractivity contribution in [1.29, 1.82) is 0 Å². The van der Waals surface area contributed by atoms with Crippen LogP contribution in [-0.2, 0) is 31.8 Å². The van der Waals surface area contributed by atoms with Gasteiger partial charge in [0.15, 0.2) is 0 Å². The third kappa shape index (κ3) is 6.17. The van der Waals surface area contributed by atoms with Gasteiger partial charge in [-0.05, 0) is 60.6 Å². The number of hydrogen-bond donors (Lipinski definition) is 6. The Kier molecular flexibility index (Phi) is 8.48. The van der Waals surface area contributed by atoms with Crippen molar-refractivity contribution in [2.75, 3.05) is 4.90 Å². The van der Waals surface area contributed by atoms with Crippen LogP contribution in [0.2, 0.25) is 0 Å². The summed E-state index contributed by atoms with van der Waals surface area (Å²) in [5, 5.41) is 6.18. The van der Waals surface area contributed by atoms with E-state index in [2.05, 4.69) is 15.6 Å². The van der Waals surface area contributed by atoms with Gasteiger partial charge in [0.25, 0.3) is 11.4 Å². The minimum absolute atomic E-state index is 0.0202. The Bertz CT molecular complexity index is 1730. The monoisotopic (exact) mass is 623 g/mol. The van der Waals surface area contributed by atoms with Gasteiger partial charge in [0.1, 0.15) is 17.8 Å². The maximum Gasteiger partial charge on any atom is 0.396 e. The first-order chi connectivity index (χ1) is 20.7. The molecule has 0 unspecified atom stereocenters. The molecule has 7 N–H and O–H groups in total. The first-order valence-corrected chi connectivity index (χ1v) is 15.9. The van der Waals surface area contributed by atoms with Crippen molar-refractivity contribution >= 4 is 53.3 Å². The standard InChI is InChI=1S/C30H34N5O8P/c1-15(2)20(10-11-25(31)36)33-28(38)24-14-17-5-3-4-16-6-9-22(29(39)35(24)26(16)17)34-27(37)23-13-19-12-18(7-8-21(19)32-23)30(40)44(41,42)43/h3-5,7-8,12-13,15,20,22,24,32H,6,9-11,14H2,1-2H3,(H2,31,36)(H,33,38)(H,34,37)(H2,41,42,43)/t20-,22-,24-/m0/s1. The molecule has 232 valence electrons. The molecule has 44 heavy (non-hydrogen) atoms. The van der Waals surface area contributed by atoms with Crippen molar-refractivity contribution in [1.82, 2.24) is 15.6 Å². The molecule has 3 heterocycles. The molecule has 4 amide bonds. The SMILES string of the molecule is CC(C)[C@H](CCC(N)=O)NC(=O)[C@@H]1Cc2cccc3c2N1C(=O)[C@@H](NC(=O)c1cc2cc(C(=O)P(=O)(O)O)ccc2[nH]1)CC3. The summed E-state index contributed by atoms with van der Waals surface area (Å²) in [5.74, 6) is -1.82. The summed E-state index contributed by atoms with van der Waals surface area (Å²) in [5.41, 5.74) is 6.77. The number of primary amides is 1. The van der Waals surface area contributed by atoms with Gasteiger partial charge in [0, 0.05) is 35.3 Å². The van der Waals surface area contributed by atoms with Gasteiger partial charge in [0.2, 0.25) is 17.7 Å². The van der Waals surface area contributed by atoms with E-state index in [1.165, 1.54) is 29.2 Å². The number of anilines is 1. The lowest BCUT2D eigenvalue weighted by Crippen LogP contribution is -2.56. The van der Waals surface area contributed by atoms with E-state index in [9.17, 15) is 38.3 Å². The lowest BCUT2D eigenvalue weighted by molar-refractivity contribution is -0.127. The number of carbonyl (C=O) groups excluding carboxylic acids is 5. The lowest BCUT2D eigenvalue weighted by atomic mass is 9.98. The molecule has 2 aliphatic rings. The van der Waals surface area contributed by atoms with Crippen LogP contribution in [0.4, 0.5) is 5.69 Å². The Balaban J connectivity index is 1.38. The number of rotatable bonds is 10. The molecule has 5 rings (SSSR count). The number of aromatic nitrogens is 1. The number of H-pyrrole nitrogens is 1. The molecular weight excluding hydrogens is 589 g/mol. The van der Waals surface area contributed by atoms with Crippen LogP contribution in [0.3, 0.4) is 0 Å². The largest absolute Gasteiger partial charge is 0.396 e. The minimum Gasteiger partial charge on any atom is -0.370 e. The molecule has 0 fully saturated rings. The smallest absolute Gasteiger partial charge is 0.370 e. The van der Waals surface area contributed by atoms with E-state index < -0.39 is 42.9 Å². The molecule has 0 saturated carbocycles. The van der Waals surface area contributed by atoms with Crippen LogP contribution in [0.15, 0.2) is 42.5 Å². The summed E-state index contributed by atoms with van der Waals surface area (Å²) in [6.45, 7) is 3.85. The number of para-hydroxylation sites is 1. The summed E-state index contributed by atoms with van der Waals surface area (Å²) in [7, 11) is -4.98. The van der Waals surface area contributed by atoms with Gasteiger partial charge in [-0.15, -0.1) is 0 Å². The topological polar surface area (TPSA) is 212 Å². The van der Waals surface area contributed by atoms with E-state index >= 15 is 0 Å². The molecule has 1 aromatic heterocycles. The highest BCUT2D eigenvalue weighted by Gasteiger charge is 2.44. The Morgan fingerprint density at radius 1 is 1.11 bits per heavy atom. The molecule has 0 spiro atoms. The van der Waals surface area contributed by atoms with Gasteiger partial charge >= 0.3 is 7.60 Å². The number of carbonyl (C=O) groups is 5. The highest BCUT2D eigenvalue weighted by atomic mass is 31.2. The van der Waals surface area contributed by atoms with Gasteiger partial charge in [-0.2, -0.15) is 0 Å². The predicted octanol–water partition coefficient (Wildman–Crippen LogP) is 1.89. The van der Waals surface area contributed by atoms with Crippen molar-refractivity contribution in [2.24, 2.45) is 11.7 Å². The zero-order chi connectivity index (χ0) is 31.9. The first-order valence-electron chi connectivity index (χ1n) is 14.3. The van der Waals surface area contributed by atoms with E-state index in [1.54, 1.807) is 0 Å². The van der Waals surface area contributed by atoms with Gasteiger partial charge in [0.05, 0.1) is 5.69 Å². The molecule has 13 nitrogen and oxygen atoms in total. The number of nitrogens with zero attached hydrogens (tertiary/aromatic N) is 1. The Morgan fingerprint density at radius 2 is 1.84 bits per heavy atom. The summed E-state index contributed by atoms with van der Waals surface area (Å²) in [4.78, 5) is 87.2. The van der Waals surface area contributed by atoms with E-state index in [1.807, 2.05) is 32.0 Å². The minimum atomic E-state index is -4.98. The normalized spacial score (nSPS) is 18.6. The van der Waals surface area contributed by atoms with Gasteiger partial charge < -0.3 is 31.1 Å². The second-order valence-corrected chi connectivity index (χ2v) is 13.1. The zero-order valence-electron chi connectivity index (χ0n) is 24.2. The molecule has 0 saturated heterocycles. The van der Waals surface area contributed by atoms with E-state index in [0.29, 0.717) is 42.3 Å². The average molecular weight is 624 g/mol. The molecule has 0 aliphatic carbocycles. The number of hydrogen-bond acceptors (Lipinski definition) is 6. The summed E-state index contributed by atoms with van der Waals surface area (Å²) < 4.78 is 11.4. The number of benzene rings is 2. The van der Waals surface area contributed by atoms with E-state index in [4.69, 9.17) is 5.73 Å². The Labute approximate surface area is 252 Å². The fourth-order valence-corrected chi connectivity index (χ4v) is 6.39. The van der Waals surface area contributed by atoms with Crippen molar-refractivity contribution in [3.63, 3.8) is 0 Å². The number of aryl methyl sites for hydroxylation is 1. The van der Waals surface area contributed by atoms with Crippen molar-refractivity contribution in [2.45, 2.75) is 64.1 Å². The van der Waals surface area contributed by atoms with Crippen LogP contribution in [0.1, 0.15) is 65.1 Å². The fraction of sp³-hybridized carbons (Fsp3) is 0.367. The molecule has 14 heteroatoms. The molecule has 3 aromatic rings. The van der Waals surface area contributed by atoms with Gasteiger partial charge in [-0.3, -0.25) is 33.4 Å². The first kappa shape index (κ1) is 31.1. The summed E-state index contributed by atoms with van der Waals surface area (Å²) in [6.07, 6.45) is 1.57. The third-order valence-corrected chi connectivity index (χ3v) is 9.01. The number of nitrogens with two attached hydrogens (primary N) is 1. The summed E-state index contributed by atoms with van der Waals surface area (Å²) >= 11 is 0. The van der Waals surface area contributed by atoms with E-state index in [0.717, 1.165) is 11.1 Å². The van der Waals surface area contributed by atoms with Gasteiger partial charge in [-0.25, -0.2) is 0 Å². The second-order valence-electron chi connectivity index (χ2n) is 11.6.